The highest BCUT2D eigenvalue weighted by atomic mass is 127. The lowest BCUT2D eigenvalue weighted by molar-refractivity contribution is 0.0491. The van der Waals surface area contributed by atoms with Crippen molar-refractivity contribution in [2.75, 3.05) is 13.1 Å². The molecule has 8 nitrogen and oxygen atoms in total. The molecular formula is C20H38IN5O3. The quantitative estimate of drug-likeness (QED) is 0.271. The van der Waals surface area contributed by atoms with Gasteiger partial charge >= 0.3 is 6.09 Å². The lowest BCUT2D eigenvalue weighted by Crippen LogP contribution is -2.50. The van der Waals surface area contributed by atoms with Crippen molar-refractivity contribution >= 4 is 36.0 Å². The zero-order valence-electron chi connectivity index (χ0n) is 19.0. The summed E-state index contributed by atoms with van der Waals surface area (Å²) in [5.41, 5.74) is 0.394. The van der Waals surface area contributed by atoms with Crippen LogP contribution in [0.15, 0.2) is 15.6 Å². The summed E-state index contributed by atoms with van der Waals surface area (Å²) in [6, 6.07) is 1.83. The number of hydrogen-bond donors (Lipinski definition) is 3. The molecule has 1 atom stereocenters. The zero-order chi connectivity index (χ0) is 21.3. The van der Waals surface area contributed by atoms with E-state index < -0.39 is 11.7 Å². The van der Waals surface area contributed by atoms with Gasteiger partial charge in [0.2, 0.25) is 0 Å². The van der Waals surface area contributed by atoms with Crippen molar-refractivity contribution in [3.8, 4) is 0 Å². The molecule has 0 aliphatic rings. The van der Waals surface area contributed by atoms with E-state index in [1.54, 1.807) is 0 Å². The predicted octanol–water partition coefficient (Wildman–Crippen LogP) is 4.02. The number of carbonyl (C=O) groups is 1. The Morgan fingerprint density at radius 1 is 1.24 bits per heavy atom. The topological polar surface area (TPSA) is 101 Å². The molecule has 1 aromatic heterocycles. The maximum Gasteiger partial charge on any atom is 0.407 e. The molecule has 0 radical (unpaired) electrons. The van der Waals surface area contributed by atoms with Gasteiger partial charge in [-0.2, -0.15) is 0 Å². The normalized spacial score (nSPS) is 13.1. The number of halogens is 1. The van der Waals surface area contributed by atoms with Crippen molar-refractivity contribution in [1.82, 2.24) is 21.1 Å². The summed E-state index contributed by atoms with van der Waals surface area (Å²) >= 11 is 0. The maximum absolute atomic E-state index is 12.1. The molecule has 1 amide bonds. The van der Waals surface area contributed by atoms with Crippen molar-refractivity contribution < 1.29 is 14.1 Å². The third-order valence-corrected chi connectivity index (χ3v) is 3.90. The standard InChI is InChI=1S/C20H37N5O3.HI/c1-9-21-18(22-11-15-10-16(13(2)3)25-28-15)23-12-17(14(4)5)24-19(26)27-20(6,7)8;/h10,13-14,17H,9,11-12H2,1-8H3,(H,24,26)(H2,21,22,23);1H. The summed E-state index contributed by atoms with van der Waals surface area (Å²) in [5.74, 6) is 1.92. The van der Waals surface area contributed by atoms with Crippen LogP contribution in [0, 0.1) is 5.92 Å². The first-order valence-corrected chi connectivity index (χ1v) is 9.99. The molecule has 0 saturated carbocycles. The smallest absolute Gasteiger partial charge is 0.407 e. The molecule has 1 aromatic rings. The molecule has 0 bridgehead atoms. The van der Waals surface area contributed by atoms with E-state index in [9.17, 15) is 4.79 Å². The molecule has 1 rings (SSSR count). The van der Waals surface area contributed by atoms with Gasteiger partial charge in [-0.1, -0.05) is 32.9 Å². The van der Waals surface area contributed by atoms with Crippen molar-refractivity contribution in [3.63, 3.8) is 0 Å². The number of ether oxygens (including phenoxy) is 1. The van der Waals surface area contributed by atoms with E-state index in [0.717, 1.165) is 12.2 Å². The fourth-order valence-corrected chi connectivity index (χ4v) is 2.29. The van der Waals surface area contributed by atoms with Crippen molar-refractivity contribution in [2.45, 2.75) is 79.5 Å². The summed E-state index contributed by atoms with van der Waals surface area (Å²) in [5, 5.41) is 13.5. The van der Waals surface area contributed by atoms with Crippen LogP contribution in [0.3, 0.4) is 0 Å². The molecule has 1 unspecified atom stereocenters. The van der Waals surface area contributed by atoms with Crippen LogP contribution in [0.5, 0.6) is 0 Å². The second-order valence-electron chi connectivity index (χ2n) is 8.45. The molecule has 9 heteroatoms. The Morgan fingerprint density at radius 2 is 1.90 bits per heavy atom. The third kappa shape index (κ3) is 11.3. The first kappa shape index (κ1) is 27.5. The Balaban J connectivity index is 0.00000784. The van der Waals surface area contributed by atoms with Crippen LogP contribution < -0.4 is 16.0 Å². The number of amides is 1. The number of guanidine groups is 1. The lowest BCUT2D eigenvalue weighted by Gasteiger charge is -2.26. The van der Waals surface area contributed by atoms with Crippen LogP contribution in [0.25, 0.3) is 0 Å². The minimum atomic E-state index is -0.526. The Bertz CT molecular complexity index is 638. The van der Waals surface area contributed by atoms with E-state index in [4.69, 9.17) is 9.26 Å². The van der Waals surface area contributed by atoms with Crippen LogP contribution in [-0.4, -0.2) is 41.9 Å². The van der Waals surface area contributed by atoms with Gasteiger partial charge in [-0.25, -0.2) is 9.79 Å². The van der Waals surface area contributed by atoms with Crippen LogP contribution in [0.1, 0.15) is 72.8 Å². The number of aliphatic imine (C=N–C) groups is 1. The molecule has 0 saturated heterocycles. The number of hydrogen-bond acceptors (Lipinski definition) is 5. The van der Waals surface area contributed by atoms with Crippen molar-refractivity contribution in [3.05, 3.63) is 17.5 Å². The van der Waals surface area contributed by atoms with Crippen LogP contribution in [-0.2, 0) is 11.3 Å². The van der Waals surface area contributed by atoms with E-state index in [1.165, 1.54) is 0 Å². The summed E-state index contributed by atoms with van der Waals surface area (Å²) in [6.07, 6.45) is -0.419. The highest BCUT2D eigenvalue weighted by Crippen LogP contribution is 2.14. The summed E-state index contributed by atoms with van der Waals surface area (Å²) in [6.45, 7) is 17.4. The Labute approximate surface area is 192 Å². The van der Waals surface area contributed by atoms with Gasteiger partial charge in [0.15, 0.2) is 11.7 Å². The van der Waals surface area contributed by atoms with Crippen LogP contribution in [0.4, 0.5) is 4.79 Å². The number of aromatic nitrogens is 1. The van der Waals surface area contributed by atoms with Crippen LogP contribution >= 0.6 is 24.0 Å². The van der Waals surface area contributed by atoms with E-state index in [2.05, 4.69) is 53.8 Å². The largest absolute Gasteiger partial charge is 0.444 e. The van der Waals surface area contributed by atoms with Crippen molar-refractivity contribution in [2.24, 2.45) is 10.9 Å². The van der Waals surface area contributed by atoms with E-state index >= 15 is 0 Å². The first-order valence-electron chi connectivity index (χ1n) is 9.99. The van der Waals surface area contributed by atoms with E-state index in [1.807, 2.05) is 33.8 Å². The lowest BCUT2D eigenvalue weighted by atomic mass is 10.0. The number of carbonyl (C=O) groups excluding carboxylic acids is 1. The Kier molecular flexibility index (Phi) is 12.2. The molecule has 0 fully saturated rings. The van der Waals surface area contributed by atoms with Crippen molar-refractivity contribution in [1.29, 1.82) is 0 Å². The van der Waals surface area contributed by atoms with Gasteiger partial charge in [-0.3, -0.25) is 0 Å². The average molecular weight is 523 g/mol. The highest BCUT2D eigenvalue weighted by Gasteiger charge is 2.21. The van der Waals surface area contributed by atoms with E-state index in [-0.39, 0.29) is 35.9 Å². The van der Waals surface area contributed by atoms with Gasteiger partial charge in [0.05, 0.1) is 11.7 Å². The molecule has 0 aromatic carbocycles. The Hall–Kier alpha value is -1.52. The predicted molar refractivity (Wildman–Crippen MR) is 127 cm³/mol. The number of nitrogens with zero attached hydrogens (tertiary/aromatic N) is 2. The number of alkyl carbamates (subject to hydrolysis) is 1. The molecule has 1 heterocycles. The molecule has 0 aliphatic heterocycles. The van der Waals surface area contributed by atoms with Gasteiger partial charge in [0.1, 0.15) is 12.1 Å². The fourth-order valence-electron chi connectivity index (χ4n) is 2.29. The molecule has 0 aliphatic carbocycles. The number of rotatable bonds is 8. The third-order valence-electron chi connectivity index (χ3n) is 3.90. The maximum atomic E-state index is 12.1. The summed E-state index contributed by atoms with van der Waals surface area (Å²) in [4.78, 5) is 16.6. The molecule has 3 N–H and O–H groups in total. The van der Waals surface area contributed by atoms with Gasteiger partial charge < -0.3 is 25.2 Å². The molecule has 0 spiro atoms. The molecule has 168 valence electrons. The number of nitrogens with one attached hydrogen (secondary N) is 3. The van der Waals surface area contributed by atoms with Gasteiger partial charge in [-0.15, -0.1) is 24.0 Å². The average Bonchev–Trinajstić information content (AvgIpc) is 3.03. The fraction of sp³-hybridized carbons (Fsp3) is 0.750. The van der Waals surface area contributed by atoms with Crippen LogP contribution in [0.2, 0.25) is 0 Å². The van der Waals surface area contributed by atoms with Gasteiger partial charge in [-0.05, 0) is 39.5 Å². The van der Waals surface area contributed by atoms with Gasteiger partial charge in [0.25, 0.3) is 0 Å². The van der Waals surface area contributed by atoms with E-state index in [0.29, 0.717) is 30.7 Å². The first-order chi connectivity index (χ1) is 13.0. The molecule has 29 heavy (non-hydrogen) atoms. The highest BCUT2D eigenvalue weighted by molar-refractivity contribution is 14.0. The second-order valence-corrected chi connectivity index (χ2v) is 8.45. The minimum Gasteiger partial charge on any atom is -0.444 e. The zero-order valence-corrected chi connectivity index (χ0v) is 21.3. The SMILES string of the molecule is CCNC(=NCc1cc(C(C)C)no1)NCC(NC(=O)OC(C)(C)C)C(C)C.I. The second kappa shape index (κ2) is 12.9. The molecular weight excluding hydrogens is 485 g/mol. The Morgan fingerprint density at radius 3 is 2.38 bits per heavy atom. The minimum absolute atomic E-state index is 0. The summed E-state index contributed by atoms with van der Waals surface area (Å²) in [7, 11) is 0. The summed E-state index contributed by atoms with van der Waals surface area (Å²) < 4.78 is 10.7. The van der Waals surface area contributed by atoms with Gasteiger partial charge in [0, 0.05) is 19.2 Å². The monoisotopic (exact) mass is 523 g/mol.